The number of nitrogens with zero attached hydrogens (tertiary/aromatic N) is 1. The number of para-hydroxylation sites is 1. The lowest BCUT2D eigenvalue weighted by Crippen LogP contribution is -2.49. The molecule has 0 radical (unpaired) electrons. The maximum Gasteiger partial charge on any atom is 0.416 e. The lowest BCUT2D eigenvalue weighted by Gasteiger charge is -2.42. The molecule has 1 heterocycles. The summed E-state index contributed by atoms with van der Waals surface area (Å²) < 4.78 is 44.7. The Balaban J connectivity index is 1.45. The third kappa shape index (κ3) is 4.88. The molecule has 0 unspecified atom stereocenters. The first-order chi connectivity index (χ1) is 15.4. The molecule has 1 saturated heterocycles. The lowest BCUT2D eigenvalue weighted by atomic mass is 9.84. The normalized spacial score (nSPS) is 15.8. The average molecular weight is 440 g/mol. The highest BCUT2D eigenvalue weighted by molar-refractivity contribution is 5.89. The van der Waals surface area contributed by atoms with Gasteiger partial charge in [-0.25, -0.2) is 4.79 Å². The summed E-state index contributed by atoms with van der Waals surface area (Å²) in [6, 6.07) is 23.6. The molecule has 3 aromatic rings. The summed E-state index contributed by atoms with van der Waals surface area (Å²) in [5.74, 6) is 0.763. The van der Waals surface area contributed by atoms with Crippen molar-refractivity contribution in [1.82, 2.24) is 4.90 Å². The van der Waals surface area contributed by atoms with E-state index in [9.17, 15) is 18.0 Å². The van der Waals surface area contributed by atoms with E-state index in [1.165, 1.54) is 12.1 Å². The first kappa shape index (κ1) is 21.7. The number of carbonyl (C=O) groups excluding carboxylic acids is 1. The van der Waals surface area contributed by atoms with Gasteiger partial charge in [-0.15, -0.1) is 0 Å². The van der Waals surface area contributed by atoms with Crippen LogP contribution in [0.3, 0.4) is 0 Å². The number of carbonyl (C=O) groups is 1. The van der Waals surface area contributed by atoms with Crippen LogP contribution in [0.5, 0.6) is 5.75 Å². The first-order valence-corrected chi connectivity index (χ1v) is 10.4. The fourth-order valence-corrected chi connectivity index (χ4v) is 3.92. The Labute approximate surface area is 184 Å². The molecule has 4 nitrogen and oxygen atoms in total. The largest absolute Gasteiger partial charge is 0.482 e. The second-order valence-corrected chi connectivity index (χ2v) is 7.77. The quantitative estimate of drug-likeness (QED) is 0.517. The summed E-state index contributed by atoms with van der Waals surface area (Å²) in [5, 5.41) is 2.69. The van der Waals surface area contributed by atoms with Gasteiger partial charge >= 0.3 is 12.2 Å². The molecule has 2 amide bonds. The van der Waals surface area contributed by atoms with E-state index < -0.39 is 17.3 Å². The molecular weight excluding hydrogens is 417 g/mol. The molecule has 0 saturated carbocycles. The predicted molar refractivity (Wildman–Crippen MR) is 116 cm³/mol. The molecule has 0 atom stereocenters. The van der Waals surface area contributed by atoms with Gasteiger partial charge in [0.2, 0.25) is 0 Å². The Morgan fingerprint density at radius 3 is 1.97 bits per heavy atom. The number of anilines is 1. The molecule has 1 aliphatic rings. The standard InChI is InChI=1S/C25H23F3N2O2/c26-25(27,28)20-11-13-21(14-12-20)29-23(31)30-17-15-24(16-18-30,19-7-3-1-4-8-19)32-22-9-5-2-6-10-22/h1-14H,15-18H2,(H,29,31). The minimum absolute atomic E-state index is 0.323. The minimum atomic E-state index is -4.41. The molecular formula is C25H23F3N2O2. The van der Waals surface area contributed by atoms with Gasteiger partial charge in [-0.2, -0.15) is 13.2 Å². The second kappa shape index (κ2) is 8.94. The highest BCUT2D eigenvalue weighted by atomic mass is 19.4. The van der Waals surface area contributed by atoms with Crippen LogP contribution in [0.4, 0.5) is 23.7 Å². The van der Waals surface area contributed by atoms with Crippen molar-refractivity contribution >= 4 is 11.7 Å². The number of ether oxygens (including phenoxy) is 1. The summed E-state index contributed by atoms with van der Waals surface area (Å²) in [5.41, 5.74) is 0.0579. The van der Waals surface area contributed by atoms with Gasteiger partial charge in [0.05, 0.1) is 5.56 Å². The van der Waals surface area contributed by atoms with E-state index in [-0.39, 0.29) is 6.03 Å². The highest BCUT2D eigenvalue weighted by Gasteiger charge is 2.39. The number of hydrogen-bond donors (Lipinski definition) is 1. The van der Waals surface area contributed by atoms with Crippen molar-refractivity contribution in [3.8, 4) is 5.75 Å². The van der Waals surface area contributed by atoms with Crippen LogP contribution in [0.2, 0.25) is 0 Å². The van der Waals surface area contributed by atoms with Gasteiger partial charge in [0.1, 0.15) is 11.4 Å². The molecule has 0 aliphatic carbocycles. The van der Waals surface area contributed by atoms with Crippen molar-refractivity contribution in [1.29, 1.82) is 0 Å². The summed E-state index contributed by atoms with van der Waals surface area (Å²) in [6.07, 6.45) is -3.23. The molecule has 0 bridgehead atoms. The van der Waals surface area contributed by atoms with Crippen LogP contribution in [0.25, 0.3) is 0 Å². The van der Waals surface area contributed by atoms with Crippen molar-refractivity contribution < 1.29 is 22.7 Å². The van der Waals surface area contributed by atoms with Crippen LogP contribution in [0.15, 0.2) is 84.9 Å². The Kier molecular flexibility index (Phi) is 6.08. The molecule has 3 aromatic carbocycles. The van der Waals surface area contributed by atoms with Crippen molar-refractivity contribution in [3.05, 3.63) is 96.1 Å². The van der Waals surface area contributed by atoms with Crippen LogP contribution in [-0.2, 0) is 11.8 Å². The fraction of sp³-hybridized carbons (Fsp3) is 0.240. The van der Waals surface area contributed by atoms with Crippen molar-refractivity contribution in [2.45, 2.75) is 24.6 Å². The average Bonchev–Trinajstić information content (AvgIpc) is 2.80. The van der Waals surface area contributed by atoms with Crippen molar-refractivity contribution in [3.63, 3.8) is 0 Å². The molecule has 7 heteroatoms. The van der Waals surface area contributed by atoms with Gasteiger partial charge in [0, 0.05) is 31.6 Å². The Hall–Kier alpha value is -3.48. The number of likely N-dealkylation sites (tertiary alicyclic amines) is 1. The van der Waals surface area contributed by atoms with Crippen LogP contribution in [-0.4, -0.2) is 24.0 Å². The molecule has 0 aromatic heterocycles. The van der Waals surface area contributed by atoms with Crippen LogP contribution in [0, 0.1) is 0 Å². The van der Waals surface area contributed by atoms with Gasteiger partial charge in [-0.05, 0) is 42.0 Å². The van der Waals surface area contributed by atoms with E-state index in [4.69, 9.17) is 4.74 Å². The van der Waals surface area contributed by atoms with E-state index >= 15 is 0 Å². The number of amides is 2. The van der Waals surface area contributed by atoms with Crippen LogP contribution < -0.4 is 10.1 Å². The summed E-state index contributed by atoms with van der Waals surface area (Å²) >= 11 is 0. The van der Waals surface area contributed by atoms with Gasteiger partial charge in [0.25, 0.3) is 0 Å². The number of piperidine rings is 1. The van der Waals surface area contributed by atoms with E-state index in [0.717, 1.165) is 23.4 Å². The first-order valence-electron chi connectivity index (χ1n) is 10.4. The third-order valence-electron chi connectivity index (χ3n) is 5.68. The molecule has 166 valence electrons. The molecule has 0 spiro atoms. The number of hydrogen-bond acceptors (Lipinski definition) is 2. The smallest absolute Gasteiger partial charge is 0.416 e. The lowest BCUT2D eigenvalue weighted by molar-refractivity contribution is -0.137. The number of benzene rings is 3. The van der Waals surface area contributed by atoms with Crippen molar-refractivity contribution in [2.75, 3.05) is 18.4 Å². The topological polar surface area (TPSA) is 41.6 Å². The third-order valence-corrected chi connectivity index (χ3v) is 5.68. The van der Waals surface area contributed by atoms with Gasteiger partial charge in [-0.1, -0.05) is 48.5 Å². The minimum Gasteiger partial charge on any atom is -0.482 e. The van der Waals surface area contributed by atoms with E-state index in [1.54, 1.807) is 4.90 Å². The zero-order chi connectivity index (χ0) is 22.6. The number of rotatable bonds is 4. The summed E-state index contributed by atoms with van der Waals surface area (Å²) in [6.45, 7) is 0.905. The molecule has 32 heavy (non-hydrogen) atoms. The maximum absolute atomic E-state index is 12.7. The van der Waals surface area contributed by atoms with Crippen molar-refractivity contribution in [2.24, 2.45) is 0 Å². The van der Waals surface area contributed by atoms with E-state index in [0.29, 0.717) is 31.6 Å². The highest BCUT2D eigenvalue weighted by Crippen LogP contribution is 2.38. The van der Waals surface area contributed by atoms with E-state index in [1.807, 2.05) is 60.7 Å². The number of halogens is 3. The summed E-state index contributed by atoms with van der Waals surface area (Å²) in [4.78, 5) is 14.4. The maximum atomic E-state index is 12.7. The Bertz CT molecular complexity index is 1030. The van der Waals surface area contributed by atoms with Crippen LogP contribution in [0.1, 0.15) is 24.0 Å². The van der Waals surface area contributed by atoms with Gasteiger partial charge in [0.15, 0.2) is 0 Å². The Morgan fingerprint density at radius 1 is 0.844 bits per heavy atom. The summed E-state index contributed by atoms with van der Waals surface area (Å²) in [7, 11) is 0. The van der Waals surface area contributed by atoms with Gasteiger partial charge < -0.3 is 15.0 Å². The zero-order valence-corrected chi connectivity index (χ0v) is 17.3. The predicted octanol–water partition coefficient (Wildman–Crippen LogP) is 6.31. The second-order valence-electron chi connectivity index (χ2n) is 7.77. The number of urea groups is 1. The van der Waals surface area contributed by atoms with Crippen LogP contribution >= 0.6 is 0 Å². The van der Waals surface area contributed by atoms with E-state index in [2.05, 4.69) is 5.32 Å². The SMILES string of the molecule is O=C(Nc1ccc(C(F)(F)F)cc1)N1CCC(Oc2ccccc2)(c2ccccc2)CC1. The number of alkyl halides is 3. The monoisotopic (exact) mass is 440 g/mol. The number of nitrogens with one attached hydrogen (secondary N) is 1. The molecule has 1 fully saturated rings. The fourth-order valence-electron chi connectivity index (χ4n) is 3.92. The molecule has 4 rings (SSSR count). The zero-order valence-electron chi connectivity index (χ0n) is 17.3. The molecule has 1 N–H and O–H groups in total. The van der Waals surface area contributed by atoms with Gasteiger partial charge in [-0.3, -0.25) is 0 Å². The Morgan fingerprint density at radius 2 is 1.41 bits per heavy atom. The molecule has 1 aliphatic heterocycles.